The molecule has 0 aliphatic heterocycles. The van der Waals surface area contributed by atoms with E-state index in [2.05, 4.69) is 13.2 Å². The Kier molecular flexibility index (Phi) is 5.35. The summed E-state index contributed by atoms with van der Waals surface area (Å²) in [4.78, 5) is 0. The second-order valence-corrected chi connectivity index (χ2v) is 3.14. The number of ether oxygens (including phenoxy) is 1. The van der Waals surface area contributed by atoms with Crippen molar-refractivity contribution in [2.75, 3.05) is 13.7 Å². The Labute approximate surface area is 80.2 Å². The Bertz CT molecular complexity index is 202. The molecule has 13 heavy (non-hydrogen) atoms. The molecule has 0 aromatic carbocycles. The molecule has 74 valence electrons. The zero-order valence-corrected chi connectivity index (χ0v) is 8.42. The van der Waals surface area contributed by atoms with Gasteiger partial charge in [-0.05, 0) is 12.5 Å². The molecule has 0 amide bonds. The van der Waals surface area contributed by atoms with Crippen LogP contribution in [0.4, 0.5) is 0 Å². The van der Waals surface area contributed by atoms with Gasteiger partial charge in [-0.15, -0.1) is 0 Å². The third-order valence-corrected chi connectivity index (χ3v) is 1.92. The lowest BCUT2D eigenvalue weighted by Crippen LogP contribution is -2.27. The topological polar surface area (TPSA) is 29.5 Å². The summed E-state index contributed by atoms with van der Waals surface area (Å²) in [5, 5.41) is 9.88. The lowest BCUT2D eigenvalue weighted by Gasteiger charge is -2.23. The summed E-state index contributed by atoms with van der Waals surface area (Å²) in [5.41, 5.74) is -0.223. The molecule has 2 nitrogen and oxygen atoms in total. The van der Waals surface area contributed by atoms with Crippen LogP contribution in [0.25, 0.3) is 0 Å². The van der Waals surface area contributed by atoms with Crippen molar-refractivity contribution in [1.29, 1.82) is 0 Å². The molecule has 0 heterocycles. The number of hydrogen-bond acceptors (Lipinski definition) is 2. The van der Waals surface area contributed by atoms with Crippen molar-refractivity contribution in [1.82, 2.24) is 0 Å². The molecule has 0 aliphatic carbocycles. The smallest absolute Gasteiger partial charge is 0.0884 e. The summed E-state index contributed by atoms with van der Waals surface area (Å²) in [5.74, 6) is 0. The van der Waals surface area contributed by atoms with Crippen molar-refractivity contribution < 1.29 is 9.84 Å². The van der Waals surface area contributed by atoms with Gasteiger partial charge in [-0.1, -0.05) is 31.4 Å². The van der Waals surface area contributed by atoms with E-state index in [4.69, 9.17) is 4.74 Å². The first-order valence-corrected chi connectivity index (χ1v) is 4.24. The number of allylic oxidation sites excluding steroid dienone is 2. The Balaban J connectivity index is 4.17. The second-order valence-electron chi connectivity index (χ2n) is 3.14. The van der Waals surface area contributed by atoms with Gasteiger partial charge in [0.05, 0.1) is 5.60 Å². The standard InChI is InChI=1S/C11H18O2/c1-5-6-7-10(2)11(3,12)8-9-13-4/h5-7,12H,1-2,8-9H2,3-4H3/b7-6-. The fourth-order valence-corrected chi connectivity index (χ4v) is 0.825. The molecule has 0 aromatic heterocycles. The van der Waals surface area contributed by atoms with Crippen LogP contribution >= 0.6 is 0 Å². The number of aliphatic hydroxyl groups is 1. The minimum absolute atomic E-state index is 0.522. The Morgan fingerprint density at radius 3 is 2.69 bits per heavy atom. The maximum Gasteiger partial charge on any atom is 0.0884 e. The zero-order chi connectivity index (χ0) is 10.3. The van der Waals surface area contributed by atoms with Crippen LogP contribution in [0.5, 0.6) is 0 Å². The van der Waals surface area contributed by atoms with Gasteiger partial charge in [-0.25, -0.2) is 0 Å². The van der Waals surface area contributed by atoms with Crippen LogP contribution in [-0.4, -0.2) is 24.4 Å². The quantitative estimate of drug-likeness (QED) is 0.637. The maximum atomic E-state index is 9.88. The summed E-state index contributed by atoms with van der Waals surface area (Å²) >= 11 is 0. The molecule has 0 saturated carbocycles. The van der Waals surface area contributed by atoms with E-state index in [0.717, 1.165) is 0 Å². The molecule has 0 rings (SSSR count). The van der Waals surface area contributed by atoms with Gasteiger partial charge in [-0.2, -0.15) is 0 Å². The first kappa shape index (κ1) is 12.1. The molecule has 0 radical (unpaired) electrons. The van der Waals surface area contributed by atoms with E-state index in [-0.39, 0.29) is 0 Å². The number of hydrogen-bond donors (Lipinski definition) is 1. The average Bonchev–Trinajstić information content (AvgIpc) is 2.10. The minimum Gasteiger partial charge on any atom is -0.385 e. The largest absolute Gasteiger partial charge is 0.385 e. The molecule has 1 N–H and O–H groups in total. The van der Waals surface area contributed by atoms with Crippen LogP contribution in [0.2, 0.25) is 0 Å². The number of rotatable bonds is 6. The van der Waals surface area contributed by atoms with E-state index in [1.54, 1.807) is 32.3 Å². The molecule has 1 atom stereocenters. The van der Waals surface area contributed by atoms with Crippen LogP contribution in [0.1, 0.15) is 13.3 Å². The van der Waals surface area contributed by atoms with E-state index in [0.29, 0.717) is 18.6 Å². The van der Waals surface area contributed by atoms with E-state index in [1.165, 1.54) is 0 Å². The average molecular weight is 182 g/mol. The van der Waals surface area contributed by atoms with Gasteiger partial charge in [0.1, 0.15) is 0 Å². The van der Waals surface area contributed by atoms with Crippen LogP contribution in [0.3, 0.4) is 0 Å². The normalized spacial score (nSPS) is 15.6. The summed E-state index contributed by atoms with van der Waals surface area (Å²) in [7, 11) is 1.61. The van der Waals surface area contributed by atoms with Crippen molar-refractivity contribution >= 4 is 0 Å². The van der Waals surface area contributed by atoms with E-state index < -0.39 is 5.60 Å². The minimum atomic E-state index is -0.893. The predicted octanol–water partition coefficient (Wildman–Crippen LogP) is 2.07. The van der Waals surface area contributed by atoms with Crippen molar-refractivity contribution in [3.8, 4) is 0 Å². The highest BCUT2D eigenvalue weighted by molar-refractivity contribution is 5.26. The van der Waals surface area contributed by atoms with E-state index in [1.807, 2.05) is 0 Å². The molecule has 0 aliphatic rings. The fraction of sp³-hybridized carbons (Fsp3) is 0.455. The molecule has 1 unspecified atom stereocenters. The zero-order valence-electron chi connectivity index (χ0n) is 8.42. The first-order valence-electron chi connectivity index (χ1n) is 4.24. The van der Waals surface area contributed by atoms with Gasteiger partial charge in [0.2, 0.25) is 0 Å². The molecule has 0 saturated heterocycles. The second kappa shape index (κ2) is 5.73. The van der Waals surface area contributed by atoms with Crippen molar-refractivity contribution in [3.05, 3.63) is 37.0 Å². The Morgan fingerprint density at radius 1 is 1.62 bits per heavy atom. The van der Waals surface area contributed by atoms with Crippen LogP contribution in [-0.2, 0) is 4.74 Å². The summed E-state index contributed by atoms with van der Waals surface area (Å²) < 4.78 is 4.89. The third-order valence-electron chi connectivity index (χ3n) is 1.92. The summed E-state index contributed by atoms with van der Waals surface area (Å²) in [6.07, 6.45) is 5.70. The highest BCUT2D eigenvalue weighted by Gasteiger charge is 2.21. The summed E-state index contributed by atoms with van der Waals surface area (Å²) in [6.45, 7) is 9.57. The monoisotopic (exact) mass is 182 g/mol. The SMILES string of the molecule is C=C/C=C\C(=C)C(C)(O)CCOC. The van der Waals surface area contributed by atoms with Crippen molar-refractivity contribution in [2.45, 2.75) is 18.9 Å². The third kappa shape index (κ3) is 4.65. The maximum absolute atomic E-state index is 9.88. The van der Waals surface area contributed by atoms with Gasteiger partial charge >= 0.3 is 0 Å². The molecule has 0 fully saturated rings. The summed E-state index contributed by atoms with van der Waals surface area (Å²) in [6, 6.07) is 0. The van der Waals surface area contributed by atoms with Gasteiger partial charge in [0.15, 0.2) is 0 Å². The van der Waals surface area contributed by atoms with Gasteiger partial charge in [0, 0.05) is 20.1 Å². The predicted molar refractivity (Wildman–Crippen MR) is 55.6 cm³/mol. The van der Waals surface area contributed by atoms with Crippen LogP contribution < -0.4 is 0 Å². The lowest BCUT2D eigenvalue weighted by molar-refractivity contribution is 0.0585. The van der Waals surface area contributed by atoms with E-state index >= 15 is 0 Å². The lowest BCUT2D eigenvalue weighted by atomic mass is 9.93. The van der Waals surface area contributed by atoms with Crippen molar-refractivity contribution in [3.63, 3.8) is 0 Å². The van der Waals surface area contributed by atoms with Crippen LogP contribution in [0, 0.1) is 0 Å². The highest BCUT2D eigenvalue weighted by Crippen LogP contribution is 2.19. The molecule has 0 spiro atoms. The first-order chi connectivity index (χ1) is 6.04. The molecular formula is C11H18O2. The van der Waals surface area contributed by atoms with Gasteiger partial charge in [-0.3, -0.25) is 0 Å². The Morgan fingerprint density at radius 2 is 2.23 bits per heavy atom. The van der Waals surface area contributed by atoms with Crippen LogP contribution in [0.15, 0.2) is 37.0 Å². The molecular weight excluding hydrogens is 164 g/mol. The Hall–Kier alpha value is -0.860. The molecule has 0 aromatic rings. The van der Waals surface area contributed by atoms with Gasteiger partial charge < -0.3 is 9.84 Å². The van der Waals surface area contributed by atoms with E-state index in [9.17, 15) is 5.11 Å². The fourth-order valence-electron chi connectivity index (χ4n) is 0.825. The van der Waals surface area contributed by atoms with Crippen molar-refractivity contribution in [2.24, 2.45) is 0 Å². The molecule has 0 bridgehead atoms. The molecule has 2 heteroatoms. The van der Waals surface area contributed by atoms with Gasteiger partial charge in [0.25, 0.3) is 0 Å². The highest BCUT2D eigenvalue weighted by atomic mass is 16.5. The number of methoxy groups -OCH3 is 1.